The minimum atomic E-state index is -3.58. The van der Waals surface area contributed by atoms with Gasteiger partial charge in [-0.1, -0.05) is 0 Å². The Bertz CT molecular complexity index is 513. The summed E-state index contributed by atoms with van der Waals surface area (Å²) < 4.78 is 28.8. The summed E-state index contributed by atoms with van der Waals surface area (Å²) in [6.07, 6.45) is 7.37. The van der Waals surface area contributed by atoms with Crippen molar-refractivity contribution in [3.63, 3.8) is 0 Å². The topological polar surface area (TPSA) is 90.0 Å². The number of hydrogen-bond donors (Lipinski definition) is 2. The predicted octanol–water partition coefficient (Wildman–Crippen LogP) is 0.955. The van der Waals surface area contributed by atoms with Crippen LogP contribution in [0.5, 0.6) is 0 Å². The molecule has 0 spiro atoms. The van der Waals surface area contributed by atoms with Gasteiger partial charge < -0.3 is 10.3 Å². The molecule has 0 amide bonds. The fourth-order valence-electron chi connectivity index (χ4n) is 2.46. The fourth-order valence-corrected chi connectivity index (χ4v) is 4.74. The Morgan fingerprint density at radius 3 is 2.53 bits per heavy atom. The first-order valence-electron chi connectivity index (χ1n) is 6.26. The Hall–Kier alpha value is -0.730. The highest BCUT2D eigenvalue weighted by molar-refractivity contribution is 7.99. The molecule has 1 aliphatic rings. The lowest BCUT2D eigenvalue weighted by Crippen LogP contribution is -2.38. The molecule has 0 radical (unpaired) electrons. The van der Waals surface area contributed by atoms with Gasteiger partial charge in [0.05, 0.1) is 6.33 Å². The number of rotatable bonds is 4. The van der Waals surface area contributed by atoms with Crippen molar-refractivity contribution in [2.45, 2.75) is 42.0 Å². The third-order valence-electron chi connectivity index (χ3n) is 3.49. The summed E-state index contributed by atoms with van der Waals surface area (Å²) in [5, 5.41) is 0.710. The lowest BCUT2D eigenvalue weighted by Gasteiger charge is -2.27. The lowest BCUT2D eigenvalue weighted by molar-refractivity contribution is 0.419. The van der Waals surface area contributed by atoms with Gasteiger partial charge in [0, 0.05) is 18.3 Å². The number of anilines is 1. The third kappa shape index (κ3) is 3.24. The molecule has 1 fully saturated rings. The Balaban J connectivity index is 2.07. The van der Waals surface area contributed by atoms with Crippen molar-refractivity contribution in [3.05, 3.63) is 6.33 Å². The second-order valence-corrected chi connectivity index (χ2v) is 7.64. The smallest absolute Gasteiger partial charge is 0.260 e. The van der Waals surface area contributed by atoms with Crippen LogP contribution in [0.4, 0.5) is 5.82 Å². The molecule has 1 aromatic rings. The molecule has 0 aliphatic heterocycles. The Labute approximate surface area is 118 Å². The van der Waals surface area contributed by atoms with Gasteiger partial charge in [0.2, 0.25) is 0 Å². The van der Waals surface area contributed by atoms with Gasteiger partial charge in [0.15, 0.2) is 10.8 Å². The van der Waals surface area contributed by atoms with Crippen LogP contribution < -0.4 is 10.5 Å². The van der Waals surface area contributed by atoms with E-state index >= 15 is 0 Å². The molecule has 19 heavy (non-hydrogen) atoms. The van der Waals surface area contributed by atoms with Gasteiger partial charge >= 0.3 is 0 Å². The molecule has 0 unspecified atom stereocenters. The van der Waals surface area contributed by atoms with E-state index in [1.807, 2.05) is 11.8 Å². The van der Waals surface area contributed by atoms with E-state index < -0.39 is 10.0 Å². The summed E-state index contributed by atoms with van der Waals surface area (Å²) in [5.41, 5.74) is 5.62. The van der Waals surface area contributed by atoms with E-state index in [0.29, 0.717) is 5.25 Å². The first-order chi connectivity index (χ1) is 8.94. The number of sulfonamides is 1. The van der Waals surface area contributed by atoms with Crippen LogP contribution in [-0.4, -0.2) is 35.5 Å². The molecule has 1 heterocycles. The molecule has 1 aliphatic carbocycles. The number of nitrogen functional groups attached to an aromatic ring is 1. The predicted molar refractivity (Wildman–Crippen MR) is 77.5 cm³/mol. The van der Waals surface area contributed by atoms with Crippen molar-refractivity contribution < 1.29 is 8.42 Å². The average Bonchev–Trinajstić information content (AvgIpc) is 2.70. The van der Waals surface area contributed by atoms with Crippen molar-refractivity contribution in [3.8, 4) is 0 Å². The number of nitrogens with two attached hydrogens (primary N) is 1. The van der Waals surface area contributed by atoms with E-state index in [2.05, 4.69) is 16.0 Å². The summed E-state index contributed by atoms with van der Waals surface area (Å²) in [6.45, 7) is 0. The van der Waals surface area contributed by atoms with Crippen LogP contribution in [0.15, 0.2) is 11.4 Å². The molecule has 1 aromatic heterocycles. The number of hydrogen-bond acceptors (Lipinski definition) is 5. The molecule has 1 saturated carbocycles. The number of aromatic nitrogens is 2. The normalized spacial score (nSPS) is 24.5. The zero-order valence-corrected chi connectivity index (χ0v) is 12.8. The van der Waals surface area contributed by atoms with Gasteiger partial charge in [0.1, 0.15) is 0 Å². The Kier molecular flexibility index (Phi) is 4.42. The largest absolute Gasteiger partial charge is 0.381 e. The summed E-state index contributed by atoms with van der Waals surface area (Å²) in [5.74, 6) is 0.0489. The standard InChI is InChI=1S/C11H20N4O2S2/c1-15-7-13-10(12)11(15)19(16,17)14-8-3-5-9(18-2)6-4-8/h7-9,14H,3-6,12H2,1-2H3. The molecule has 2 rings (SSSR count). The second-order valence-electron chi connectivity index (χ2n) is 4.88. The molecule has 0 saturated heterocycles. The maximum atomic E-state index is 12.3. The Morgan fingerprint density at radius 2 is 2.05 bits per heavy atom. The maximum absolute atomic E-state index is 12.3. The SMILES string of the molecule is CSC1CCC(NS(=O)(=O)c2c(N)ncn2C)CC1. The summed E-state index contributed by atoms with van der Waals surface area (Å²) in [6, 6.07) is 0.00250. The van der Waals surface area contributed by atoms with Crippen molar-refractivity contribution in [2.24, 2.45) is 7.05 Å². The highest BCUT2D eigenvalue weighted by Crippen LogP contribution is 2.28. The molecule has 0 atom stereocenters. The average molecular weight is 304 g/mol. The van der Waals surface area contributed by atoms with Gasteiger partial charge in [-0.2, -0.15) is 11.8 Å². The van der Waals surface area contributed by atoms with Crippen LogP contribution in [-0.2, 0) is 17.1 Å². The minimum absolute atomic E-state index is 0.00250. The van der Waals surface area contributed by atoms with E-state index in [1.54, 1.807) is 7.05 Å². The highest BCUT2D eigenvalue weighted by Gasteiger charge is 2.28. The van der Waals surface area contributed by atoms with Crippen LogP contribution in [0, 0.1) is 0 Å². The number of aryl methyl sites for hydroxylation is 1. The van der Waals surface area contributed by atoms with Gasteiger partial charge in [-0.15, -0.1) is 0 Å². The zero-order valence-electron chi connectivity index (χ0n) is 11.2. The van der Waals surface area contributed by atoms with Crippen LogP contribution in [0.2, 0.25) is 0 Å². The van der Waals surface area contributed by atoms with Crippen LogP contribution in [0.1, 0.15) is 25.7 Å². The van der Waals surface area contributed by atoms with Gasteiger partial charge in [-0.25, -0.2) is 18.1 Å². The number of thioether (sulfide) groups is 1. The molecule has 108 valence electrons. The van der Waals surface area contributed by atoms with E-state index in [-0.39, 0.29) is 16.9 Å². The van der Waals surface area contributed by atoms with Crippen LogP contribution in [0.25, 0.3) is 0 Å². The van der Waals surface area contributed by atoms with Crippen LogP contribution >= 0.6 is 11.8 Å². The van der Waals surface area contributed by atoms with Gasteiger partial charge in [-0.05, 0) is 31.9 Å². The van der Waals surface area contributed by atoms with Crippen molar-refractivity contribution in [1.82, 2.24) is 14.3 Å². The number of imidazole rings is 1. The lowest BCUT2D eigenvalue weighted by atomic mass is 9.96. The monoisotopic (exact) mass is 304 g/mol. The molecule has 0 aromatic carbocycles. The van der Waals surface area contributed by atoms with Crippen LogP contribution in [0.3, 0.4) is 0 Å². The van der Waals surface area contributed by atoms with E-state index in [9.17, 15) is 8.42 Å². The van der Waals surface area contributed by atoms with E-state index in [1.165, 1.54) is 10.9 Å². The molecular formula is C11H20N4O2S2. The maximum Gasteiger partial charge on any atom is 0.260 e. The van der Waals surface area contributed by atoms with Crippen molar-refractivity contribution in [2.75, 3.05) is 12.0 Å². The first kappa shape index (κ1) is 14.7. The Morgan fingerprint density at radius 1 is 1.42 bits per heavy atom. The zero-order chi connectivity index (χ0) is 14.0. The summed E-state index contributed by atoms with van der Waals surface area (Å²) in [4.78, 5) is 3.82. The quantitative estimate of drug-likeness (QED) is 0.864. The fraction of sp³-hybridized carbons (Fsp3) is 0.727. The third-order valence-corrected chi connectivity index (χ3v) is 6.28. The van der Waals surface area contributed by atoms with E-state index in [4.69, 9.17) is 5.73 Å². The van der Waals surface area contributed by atoms with Crippen molar-refractivity contribution >= 4 is 27.6 Å². The molecule has 0 bridgehead atoms. The molecular weight excluding hydrogens is 284 g/mol. The molecule has 6 nitrogen and oxygen atoms in total. The van der Waals surface area contributed by atoms with Crippen molar-refractivity contribution in [1.29, 1.82) is 0 Å². The first-order valence-corrected chi connectivity index (χ1v) is 9.03. The molecule has 8 heteroatoms. The minimum Gasteiger partial charge on any atom is -0.381 e. The molecule has 3 N–H and O–H groups in total. The second kappa shape index (κ2) is 5.72. The number of nitrogens with one attached hydrogen (secondary N) is 1. The summed E-state index contributed by atoms with van der Waals surface area (Å²) >= 11 is 1.86. The highest BCUT2D eigenvalue weighted by atomic mass is 32.2. The summed E-state index contributed by atoms with van der Waals surface area (Å²) in [7, 11) is -1.96. The number of nitrogens with zero attached hydrogens (tertiary/aromatic N) is 2. The van der Waals surface area contributed by atoms with Gasteiger partial charge in [0.25, 0.3) is 10.0 Å². The van der Waals surface area contributed by atoms with Gasteiger partial charge in [-0.3, -0.25) is 0 Å². The van der Waals surface area contributed by atoms with E-state index in [0.717, 1.165) is 25.7 Å².